The molecule has 0 radical (unpaired) electrons. The maximum atomic E-state index is 13.5. The van der Waals surface area contributed by atoms with E-state index in [4.69, 9.17) is 16.3 Å². The summed E-state index contributed by atoms with van der Waals surface area (Å²) in [7, 11) is 0. The molecule has 0 spiro atoms. The molecule has 4 rings (SSSR count). The Morgan fingerprint density at radius 3 is 3.04 bits per heavy atom. The number of nitrogens with one attached hydrogen (secondary N) is 2. The van der Waals surface area contributed by atoms with E-state index >= 15 is 0 Å². The third-order valence-electron chi connectivity index (χ3n) is 4.29. The summed E-state index contributed by atoms with van der Waals surface area (Å²) in [4.78, 5) is 29.0. The predicted molar refractivity (Wildman–Crippen MR) is 90.0 cm³/mol. The molecular weight excluding hydrogens is 369 g/mol. The molecule has 6 nitrogen and oxygen atoms in total. The number of amides is 2. The molecule has 3 atom stereocenters. The molecule has 2 aliphatic rings. The summed E-state index contributed by atoms with van der Waals surface area (Å²) in [6.45, 7) is 0.901. The van der Waals surface area contributed by atoms with Crippen molar-refractivity contribution >= 4 is 34.8 Å². The van der Waals surface area contributed by atoms with Crippen molar-refractivity contribution in [3.63, 3.8) is 0 Å². The molecule has 9 heteroatoms. The summed E-state index contributed by atoms with van der Waals surface area (Å²) in [6, 6.07) is 3.41. The van der Waals surface area contributed by atoms with Crippen molar-refractivity contribution in [2.24, 2.45) is 5.92 Å². The van der Waals surface area contributed by atoms with Crippen LogP contribution in [0.3, 0.4) is 0 Å². The quantitative estimate of drug-likeness (QED) is 0.850. The molecule has 1 aromatic carbocycles. The zero-order chi connectivity index (χ0) is 17.6. The number of carbonyl (C=O) groups excluding carboxylic acids is 2. The Morgan fingerprint density at radius 1 is 1.40 bits per heavy atom. The first-order chi connectivity index (χ1) is 12.0. The van der Waals surface area contributed by atoms with E-state index in [9.17, 15) is 14.0 Å². The van der Waals surface area contributed by atoms with E-state index in [1.807, 2.05) is 0 Å². The molecule has 1 aromatic heterocycles. The Balaban J connectivity index is 1.52. The summed E-state index contributed by atoms with van der Waals surface area (Å²) in [6.07, 6.45) is 1.41. The minimum Gasteiger partial charge on any atom is -0.379 e. The highest BCUT2D eigenvalue weighted by molar-refractivity contribution is 7.16. The number of ether oxygens (including phenoxy) is 1. The lowest BCUT2D eigenvalue weighted by atomic mass is 10.00. The largest absolute Gasteiger partial charge is 0.379 e. The fraction of sp³-hybridized carbons (Fsp3) is 0.312. The Bertz CT molecular complexity index is 839. The molecule has 2 aliphatic heterocycles. The van der Waals surface area contributed by atoms with Crippen molar-refractivity contribution in [3.8, 4) is 10.6 Å². The van der Waals surface area contributed by atoms with Gasteiger partial charge in [0.2, 0.25) is 5.91 Å². The normalized spacial score (nSPS) is 24.9. The summed E-state index contributed by atoms with van der Waals surface area (Å²) in [5.41, 5.74) is 0.497. The molecule has 2 amide bonds. The van der Waals surface area contributed by atoms with E-state index in [-0.39, 0.29) is 28.8 Å². The number of fused-ring (bicyclic) bond motifs is 1. The second-order valence-electron chi connectivity index (χ2n) is 5.96. The van der Waals surface area contributed by atoms with Crippen LogP contribution in [-0.2, 0) is 9.53 Å². The van der Waals surface area contributed by atoms with Crippen molar-refractivity contribution in [1.29, 1.82) is 0 Å². The number of hydrogen-bond donors (Lipinski definition) is 2. The lowest BCUT2D eigenvalue weighted by Gasteiger charge is -2.14. The van der Waals surface area contributed by atoms with Crippen LogP contribution in [0.2, 0.25) is 5.02 Å². The fourth-order valence-corrected chi connectivity index (χ4v) is 4.12. The van der Waals surface area contributed by atoms with Crippen LogP contribution in [0.4, 0.5) is 4.39 Å². The van der Waals surface area contributed by atoms with Gasteiger partial charge in [-0.15, -0.1) is 11.3 Å². The van der Waals surface area contributed by atoms with Gasteiger partial charge in [-0.3, -0.25) is 9.59 Å². The van der Waals surface area contributed by atoms with Crippen molar-refractivity contribution in [2.75, 3.05) is 13.2 Å². The SMILES string of the molecule is O=C(N[C@@H]1C(=O)N[C@H]2COC[C@H]21)c1cnc(-c2cc(F)cc(Cl)c2)s1. The molecule has 2 aromatic rings. The number of nitrogens with zero attached hydrogens (tertiary/aromatic N) is 1. The van der Waals surface area contributed by atoms with Crippen molar-refractivity contribution in [3.05, 3.63) is 40.1 Å². The third-order valence-corrected chi connectivity index (χ3v) is 5.55. The minimum atomic E-state index is -0.617. The van der Waals surface area contributed by atoms with Gasteiger partial charge in [0.15, 0.2) is 0 Å². The fourth-order valence-electron chi connectivity index (χ4n) is 3.09. The first-order valence-corrected chi connectivity index (χ1v) is 8.82. The molecule has 2 N–H and O–H groups in total. The van der Waals surface area contributed by atoms with Crippen LogP contribution in [0.1, 0.15) is 9.67 Å². The van der Waals surface area contributed by atoms with Crippen molar-refractivity contribution < 1.29 is 18.7 Å². The van der Waals surface area contributed by atoms with E-state index in [1.165, 1.54) is 18.3 Å². The van der Waals surface area contributed by atoms with Gasteiger partial charge in [0.05, 0.1) is 25.5 Å². The number of halogens is 2. The van der Waals surface area contributed by atoms with Crippen LogP contribution in [0, 0.1) is 11.7 Å². The van der Waals surface area contributed by atoms with Crippen LogP contribution >= 0.6 is 22.9 Å². The van der Waals surface area contributed by atoms with Gasteiger partial charge in [0.25, 0.3) is 5.91 Å². The monoisotopic (exact) mass is 381 g/mol. The Hall–Kier alpha value is -2.03. The number of benzene rings is 1. The number of hydrogen-bond acceptors (Lipinski definition) is 5. The maximum absolute atomic E-state index is 13.5. The van der Waals surface area contributed by atoms with Gasteiger partial charge in [-0.1, -0.05) is 11.6 Å². The molecular formula is C16H13ClFN3O3S. The van der Waals surface area contributed by atoms with Gasteiger partial charge >= 0.3 is 0 Å². The number of carbonyl (C=O) groups is 2. The van der Waals surface area contributed by atoms with Crippen LogP contribution < -0.4 is 10.6 Å². The lowest BCUT2D eigenvalue weighted by Crippen LogP contribution is -2.44. The van der Waals surface area contributed by atoms with Crippen LogP contribution in [0.5, 0.6) is 0 Å². The van der Waals surface area contributed by atoms with Crippen molar-refractivity contribution in [1.82, 2.24) is 15.6 Å². The summed E-state index contributed by atoms with van der Waals surface area (Å²) in [5, 5.41) is 6.29. The third kappa shape index (κ3) is 3.12. The first-order valence-electron chi connectivity index (χ1n) is 7.62. The van der Waals surface area contributed by atoms with Gasteiger partial charge < -0.3 is 15.4 Å². The van der Waals surface area contributed by atoms with E-state index < -0.39 is 11.9 Å². The second kappa shape index (κ2) is 6.36. The van der Waals surface area contributed by atoms with E-state index in [0.717, 1.165) is 11.3 Å². The zero-order valence-corrected chi connectivity index (χ0v) is 14.4. The molecule has 0 unspecified atom stereocenters. The highest BCUT2D eigenvalue weighted by atomic mass is 35.5. The summed E-state index contributed by atoms with van der Waals surface area (Å²) >= 11 is 6.96. The topological polar surface area (TPSA) is 80.3 Å². The van der Waals surface area contributed by atoms with Gasteiger partial charge in [-0.05, 0) is 18.2 Å². The highest BCUT2D eigenvalue weighted by Crippen LogP contribution is 2.29. The molecule has 0 saturated carbocycles. The van der Waals surface area contributed by atoms with Gasteiger partial charge in [-0.2, -0.15) is 0 Å². The Labute approximate surface area is 151 Å². The zero-order valence-electron chi connectivity index (χ0n) is 12.8. The lowest BCUT2D eigenvalue weighted by molar-refractivity contribution is -0.121. The Morgan fingerprint density at radius 2 is 2.24 bits per heavy atom. The first kappa shape index (κ1) is 16.4. The second-order valence-corrected chi connectivity index (χ2v) is 7.42. The van der Waals surface area contributed by atoms with Gasteiger partial charge in [0.1, 0.15) is 21.7 Å². The number of thiazole rings is 1. The van der Waals surface area contributed by atoms with E-state index in [1.54, 1.807) is 6.07 Å². The van der Waals surface area contributed by atoms with Crippen LogP contribution in [0.15, 0.2) is 24.4 Å². The number of aromatic nitrogens is 1. The van der Waals surface area contributed by atoms with E-state index in [0.29, 0.717) is 28.7 Å². The standard InChI is InChI=1S/C16H13ClFN3O3S/c17-8-1-7(2-9(18)3-8)16-19-4-12(25-16)14(22)21-13-10-5-24-6-11(10)20-15(13)23/h1-4,10-11,13H,5-6H2,(H,20,23)(H,21,22)/t10-,11+,13+/m1/s1. The average molecular weight is 382 g/mol. The highest BCUT2D eigenvalue weighted by Gasteiger charge is 2.46. The molecule has 2 saturated heterocycles. The molecule has 25 heavy (non-hydrogen) atoms. The maximum Gasteiger partial charge on any atom is 0.263 e. The smallest absolute Gasteiger partial charge is 0.263 e. The molecule has 0 aliphatic carbocycles. The summed E-state index contributed by atoms with van der Waals surface area (Å²) in [5.74, 6) is -1.13. The van der Waals surface area contributed by atoms with Gasteiger partial charge in [0, 0.05) is 16.5 Å². The van der Waals surface area contributed by atoms with Gasteiger partial charge in [-0.25, -0.2) is 9.37 Å². The molecule has 0 bridgehead atoms. The molecule has 2 fully saturated rings. The van der Waals surface area contributed by atoms with Crippen LogP contribution in [-0.4, -0.2) is 42.1 Å². The minimum absolute atomic E-state index is 0.0516. The average Bonchev–Trinajstić information content (AvgIpc) is 3.25. The van der Waals surface area contributed by atoms with E-state index in [2.05, 4.69) is 15.6 Å². The predicted octanol–water partition coefficient (Wildman–Crippen LogP) is 1.85. The number of rotatable bonds is 3. The molecule has 130 valence electrons. The van der Waals surface area contributed by atoms with Crippen LogP contribution in [0.25, 0.3) is 10.6 Å². The summed E-state index contributed by atoms with van der Waals surface area (Å²) < 4.78 is 18.8. The molecule has 3 heterocycles. The Kier molecular flexibility index (Phi) is 4.18. The van der Waals surface area contributed by atoms with Crippen molar-refractivity contribution in [2.45, 2.75) is 12.1 Å².